The fraction of sp³-hybridized carbons (Fsp3) is 0.500. The first kappa shape index (κ1) is 21.0. The molecule has 0 radical (unpaired) electrons. The summed E-state index contributed by atoms with van der Waals surface area (Å²) >= 11 is 1.32. The van der Waals surface area contributed by atoms with E-state index >= 15 is 0 Å². The molecule has 1 saturated heterocycles. The van der Waals surface area contributed by atoms with Crippen LogP contribution >= 0.6 is 11.3 Å². The number of nitrogens with one attached hydrogen (secondary N) is 2. The van der Waals surface area contributed by atoms with Crippen molar-refractivity contribution in [2.24, 2.45) is 0 Å². The zero-order valence-corrected chi connectivity index (χ0v) is 18.3. The van der Waals surface area contributed by atoms with Gasteiger partial charge in [-0.3, -0.25) is 10.1 Å². The number of carbonyl (C=O) groups excluding carboxylic acids is 2. The summed E-state index contributed by atoms with van der Waals surface area (Å²) in [4.78, 5) is 28.9. The topological polar surface area (TPSA) is 90.5 Å². The number of carbonyl (C=O) groups is 2. The van der Waals surface area contributed by atoms with Crippen molar-refractivity contribution in [3.63, 3.8) is 0 Å². The summed E-state index contributed by atoms with van der Waals surface area (Å²) in [5, 5.41) is 15.2. The van der Waals surface area contributed by atoms with Crippen LogP contribution in [0.25, 0.3) is 10.6 Å². The molecule has 3 rings (SSSR count). The Labute approximate surface area is 175 Å². The highest BCUT2D eigenvalue weighted by molar-refractivity contribution is 7.18. The van der Waals surface area contributed by atoms with Crippen LogP contribution in [0.15, 0.2) is 24.3 Å². The van der Waals surface area contributed by atoms with Crippen LogP contribution in [0.5, 0.6) is 0 Å². The highest BCUT2D eigenvalue weighted by Crippen LogP contribution is 2.28. The van der Waals surface area contributed by atoms with Crippen LogP contribution in [0.3, 0.4) is 0 Å². The molecule has 1 aromatic carbocycles. The summed E-state index contributed by atoms with van der Waals surface area (Å²) < 4.78 is 0. The second-order valence-electron chi connectivity index (χ2n) is 8.37. The van der Waals surface area contributed by atoms with Crippen LogP contribution < -0.4 is 15.5 Å². The Kier molecular flexibility index (Phi) is 6.07. The Balaban J connectivity index is 1.66. The molecule has 1 atom stereocenters. The number of rotatable bonds is 4. The molecule has 2 N–H and O–H groups in total. The van der Waals surface area contributed by atoms with Crippen LogP contribution in [0.4, 0.5) is 15.6 Å². The maximum absolute atomic E-state index is 12.8. The molecule has 1 fully saturated rings. The molecule has 0 saturated carbocycles. The minimum Gasteiger partial charge on any atom is -0.378 e. The molecule has 0 spiro atoms. The Bertz CT molecular complexity index is 872. The van der Waals surface area contributed by atoms with E-state index < -0.39 is 6.04 Å². The number of aromatic nitrogens is 2. The normalized spacial score (nSPS) is 16.6. The fourth-order valence-corrected chi connectivity index (χ4v) is 3.91. The number of nitrogens with zero attached hydrogens (tertiary/aromatic N) is 4. The first-order valence-electron chi connectivity index (χ1n) is 9.65. The van der Waals surface area contributed by atoms with E-state index in [1.807, 2.05) is 64.0 Å². The number of hydrogen-bond acceptors (Lipinski definition) is 6. The average Bonchev–Trinajstić information content (AvgIpc) is 3.30. The first-order chi connectivity index (χ1) is 13.6. The van der Waals surface area contributed by atoms with Gasteiger partial charge in [-0.1, -0.05) is 11.3 Å². The SMILES string of the molecule is CN(C)c1ccc(-c2nnc(NC(=O)C3CCCN3C(=O)NC(C)(C)C)s2)cc1. The van der Waals surface area contributed by atoms with Crippen molar-refractivity contribution in [2.45, 2.75) is 45.2 Å². The fourth-order valence-electron chi connectivity index (χ4n) is 3.16. The summed E-state index contributed by atoms with van der Waals surface area (Å²) in [7, 11) is 3.98. The summed E-state index contributed by atoms with van der Waals surface area (Å²) in [6, 6.07) is 7.28. The minimum atomic E-state index is -0.496. The molecule has 2 heterocycles. The molecule has 29 heavy (non-hydrogen) atoms. The van der Waals surface area contributed by atoms with Crippen LogP contribution in [0.1, 0.15) is 33.6 Å². The van der Waals surface area contributed by atoms with Crippen molar-refractivity contribution in [1.29, 1.82) is 0 Å². The Hall–Kier alpha value is -2.68. The lowest BCUT2D eigenvalue weighted by Gasteiger charge is -2.28. The summed E-state index contributed by atoms with van der Waals surface area (Å²) in [6.07, 6.45) is 1.44. The van der Waals surface area contributed by atoms with Crippen molar-refractivity contribution in [3.8, 4) is 10.6 Å². The molecule has 2 aromatic rings. The van der Waals surface area contributed by atoms with Crippen LogP contribution in [-0.2, 0) is 4.79 Å². The molecule has 1 aliphatic rings. The lowest BCUT2D eigenvalue weighted by atomic mass is 10.1. The first-order valence-corrected chi connectivity index (χ1v) is 10.5. The van der Waals surface area contributed by atoms with Gasteiger partial charge in [0.25, 0.3) is 0 Å². The number of amides is 3. The molecule has 0 bridgehead atoms. The third-order valence-corrected chi connectivity index (χ3v) is 5.47. The standard InChI is InChI=1S/C20H28N6O2S/c1-20(2,3)22-19(28)26-12-6-7-15(26)16(27)21-18-24-23-17(29-18)13-8-10-14(11-9-13)25(4)5/h8-11,15H,6-7,12H2,1-5H3,(H,22,28)(H,21,24,27). The van der Waals surface area contributed by atoms with Crippen LogP contribution in [0.2, 0.25) is 0 Å². The molecule has 156 valence electrons. The lowest BCUT2D eigenvalue weighted by molar-refractivity contribution is -0.119. The van der Waals surface area contributed by atoms with Gasteiger partial charge >= 0.3 is 6.03 Å². The Morgan fingerprint density at radius 2 is 1.86 bits per heavy atom. The van der Waals surface area contributed by atoms with Gasteiger partial charge in [0.1, 0.15) is 11.0 Å². The number of benzene rings is 1. The minimum absolute atomic E-state index is 0.214. The van der Waals surface area contributed by atoms with Gasteiger partial charge in [-0.2, -0.15) is 0 Å². The molecule has 8 nitrogen and oxygen atoms in total. The van der Waals surface area contributed by atoms with E-state index in [-0.39, 0.29) is 17.5 Å². The summed E-state index contributed by atoms with van der Waals surface area (Å²) in [5.41, 5.74) is 1.69. The van der Waals surface area contributed by atoms with Crippen molar-refractivity contribution in [1.82, 2.24) is 20.4 Å². The van der Waals surface area contributed by atoms with Crippen molar-refractivity contribution >= 4 is 34.1 Å². The molecular weight excluding hydrogens is 388 g/mol. The summed E-state index contributed by atoms with van der Waals surface area (Å²) in [6.45, 7) is 6.33. The van der Waals surface area contributed by atoms with Gasteiger partial charge in [0.2, 0.25) is 11.0 Å². The second-order valence-corrected chi connectivity index (χ2v) is 9.35. The maximum Gasteiger partial charge on any atom is 0.318 e. The van der Waals surface area contributed by atoms with Gasteiger partial charge in [0.15, 0.2) is 0 Å². The quantitative estimate of drug-likeness (QED) is 0.799. The maximum atomic E-state index is 12.8. The van der Waals surface area contributed by atoms with Gasteiger partial charge in [-0.15, -0.1) is 10.2 Å². The van der Waals surface area contributed by atoms with Gasteiger partial charge < -0.3 is 15.1 Å². The van der Waals surface area contributed by atoms with Gasteiger partial charge in [0.05, 0.1) is 0 Å². The zero-order chi connectivity index (χ0) is 21.2. The molecular formula is C20H28N6O2S. The number of anilines is 2. The van der Waals surface area contributed by atoms with Gasteiger partial charge in [0, 0.05) is 37.4 Å². The van der Waals surface area contributed by atoms with Gasteiger partial charge in [-0.25, -0.2) is 4.79 Å². The van der Waals surface area contributed by atoms with Crippen LogP contribution in [0, 0.1) is 0 Å². The van der Waals surface area contributed by atoms with Crippen LogP contribution in [-0.4, -0.2) is 59.3 Å². The second kappa shape index (κ2) is 8.36. The van der Waals surface area contributed by atoms with E-state index in [0.29, 0.717) is 18.1 Å². The summed E-state index contributed by atoms with van der Waals surface area (Å²) in [5.74, 6) is -0.225. The van der Waals surface area contributed by atoms with Crippen molar-refractivity contribution in [2.75, 3.05) is 30.9 Å². The van der Waals surface area contributed by atoms with E-state index in [0.717, 1.165) is 22.7 Å². The van der Waals surface area contributed by atoms with E-state index in [4.69, 9.17) is 0 Å². The molecule has 9 heteroatoms. The Morgan fingerprint density at radius 1 is 1.17 bits per heavy atom. The monoisotopic (exact) mass is 416 g/mol. The molecule has 3 amide bonds. The predicted octanol–water partition coefficient (Wildman–Crippen LogP) is 3.18. The van der Waals surface area contributed by atoms with E-state index in [1.165, 1.54) is 11.3 Å². The zero-order valence-electron chi connectivity index (χ0n) is 17.5. The molecule has 1 aromatic heterocycles. The third-order valence-electron chi connectivity index (χ3n) is 4.58. The van der Waals surface area contributed by atoms with Crippen molar-refractivity contribution in [3.05, 3.63) is 24.3 Å². The number of urea groups is 1. The highest BCUT2D eigenvalue weighted by atomic mass is 32.1. The van der Waals surface area contributed by atoms with Crippen molar-refractivity contribution < 1.29 is 9.59 Å². The van der Waals surface area contributed by atoms with Gasteiger partial charge in [-0.05, 0) is 57.9 Å². The Morgan fingerprint density at radius 3 is 2.48 bits per heavy atom. The number of likely N-dealkylation sites (tertiary alicyclic amines) is 1. The van der Waals surface area contributed by atoms with E-state index in [9.17, 15) is 9.59 Å². The highest BCUT2D eigenvalue weighted by Gasteiger charge is 2.35. The average molecular weight is 417 g/mol. The molecule has 1 aliphatic heterocycles. The molecule has 1 unspecified atom stereocenters. The predicted molar refractivity (Wildman–Crippen MR) is 116 cm³/mol. The smallest absolute Gasteiger partial charge is 0.318 e. The molecule has 0 aliphatic carbocycles. The number of hydrogen-bond donors (Lipinski definition) is 2. The third kappa shape index (κ3) is 5.23. The lowest BCUT2D eigenvalue weighted by Crippen LogP contribution is -2.52. The largest absolute Gasteiger partial charge is 0.378 e. The van der Waals surface area contributed by atoms with E-state index in [2.05, 4.69) is 20.8 Å². The van der Waals surface area contributed by atoms with E-state index in [1.54, 1.807) is 4.90 Å².